The summed E-state index contributed by atoms with van der Waals surface area (Å²) in [7, 11) is 1.61. The molecule has 1 amide bonds. The third-order valence-corrected chi connectivity index (χ3v) is 3.97. The number of benzene rings is 1. The van der Waals surface area contributed by atoms with E-state index in [0.29, 0.717) is 16.3 Å². The van der Waals surface area contributed by atoms with Gasteiger partial charge in [0.15, 0.2) is 5.13 Å². The van der Waals surface area contributed by atoms with Crippen molar-refractivity contribution >= 4 is 28.1 Å². The second-order valence-corrected chi connectivity index (χ2v) is 5.18. The number of carbonyl (C=O) groups is 1. The zero-order valence-electron chi connectivity index (χ0n) is 11.3. The minimum atomic E-state index is -0.486. The molecule has 0 aliphatic heterocycles. The van der Waals surface area contributed by atoms with E-state index in [-0.39, 0.29) is 11.6 Å². The van der Waals surface area contributed by atoms with Crippen LogP contribution in [0.3, 0.4) is 0 Å². The van der Waals surface area contributed by atoms with Gasteiger partial charge in [0.25, 0.3) is 11.6 Å². The van der Waals surface area contributed by atoms with Crippen LogP contribution >= 0.6 is 11.3 Å². The number of rotatable bonds is 3. The monoisotopic (exact) mass is 291 g/mol. The maximum atomic E-state index is 12.4. The van der Waals surface area contributed by atoms with Crippen LogP contribution in [-0.2, 0) is 0 Å². The number of thiazole rings is 1. The molecule has 104 valence electrons. The summed E-state index contributed by atoms with van der Waals surface area (Å²) in [5.41, 5.74) is 1.46. The van der Waals surface area contributed by atoms with Crippen LogP contribution in [0.15, 0.2) is 23.6 Å². The van der Waals surface area contributed by atoms with Crippen molar-refractivity contribution in [2.24, 2.45) is 0 Å². The Labute approximate surface area is 119 Å². The lowest BCUT2D eigenvalue weighted by Crippen LogP contribution is -2.27. The van der Waals surface area contributed by atoms with E-state index in [1.807, 2.05) is 12.3 Å². The maximum absolute atomic E-state index is 12.4. The molecule has 0 atom stereocenters. The largest absolute Gasteiger partial charge is 0.287 e. The number of nitro groups is 1. The number of anilines is 1. The number of nitrogens with zero attached hydrogens (tertiary/aromatic N) is 3. The number of amides is 1. The second kappa shape index (κ2) is 5.38. The fourth-order valence-electron chi connectivity index (χ4n) is 1.82. The molecule has 0 N–H and O–H groups in total. The van der Waals surface area contributed by atoms with Crippen molar-refractivity contribution in [2.75, 3.05) is 11.9 Å². The molecule has 0 unspecified atom stereocenters. The van der Waals surface area contributed by atoms with Crippen LogP contribution in [0.1, 0.15) is 21.6 Å². The van der Waals surface area contributed by atoms with Crippen LogP contribution in [0.25, 0.3) is 0 Å². The minimum absolute atomic E-state index is 0.0560. The zero-order chi connectivity index (χ0) is 14.9. The minimum Gasteiger partial charge on any atom is -0.287 e. The third kappa shape index (κ3) is 2.53. The molecule has 0 saturated carbocycles. The lowest BCUT2D eigenvalue weighted by atomic mass is 10.1. The molecule has 0 fully saturated rings. The Morgan fingerprint density at radius 3 is 2.65 bits per heavy atom. The summed E-state index contributed by atoms with van der Waals surface area (Å²) in [6.45, 7) is 3.42. The highest BCUT2D eigenvalue weighted by atomic mass is 32.1. The molecule has 2 aromatic rings. The number of aromatic nitrogens is 1. The molecular formula is C13H13N3O3S. The van der Waals surface area contributed by atoms with Gasteiger partial charge >= 0.3 is 0 Å². The van der Waals surface area contributed by atoms with Crippen LogP contribution in [0, 0.1) is 24.0 Å². The van der Waals surface area contributed by atoms with Gasteiger partial charge in [0.2, 0.25) is 0 Å². The molecule has 1 aromatic heterocycles. The van der Waals surface area contributed by atoms with Crippen LogP contribution in [-0.4, -0.2) is 22.9 Å². The van der Waals surface area contributed by atoms with E-state index in [0.717, 1.165) is 5.69 Å². The predicted molar refractivity (Wildman–Crippen MR) is 77.4 cm³/mol. The fraction of sp³-hybridized carbons (Fsp3) is 0.231. The predicted octanol–water partition coefficient (Wildman–Crippen LogP) is 2.94. The van der Waals surface area contributed by atoms with Crippen molar-refractivity contribution in [3.63, 3.8) is 0 Å². The fourth-order valence-corrected chi connectivity index (χ4v) is 2.58. The summed E-state index contributed by atoms with van der Waals surface area (Å²) in [5, 5.41) is 13.3. The van der Waals surface area contributed by atoms with Crippen molar-refractivity contribution < 1.29 is 9.72 Å². The van der Waals surface area contributed by atoms with E-state index >= 15 is 0 Å². The molecule has 0 radical (unpaired) electrons. The Hall–Kier alpha value is -2.28. The quantitative estimate of drug-likeness (QED) is 0.643. The van der Waals surface area contributed by atoms with Gasteiger partial charge in [-0.1, -0.05) is 6.07 Å². The summed E-state index contributed by atoms with van der Waals surface area (Å²) < 4.78 is 0. The normalized spacial score (nSPS) is 10.3. The van der Waals surface area contributed by atoms with E-state index in [4.69, 9.17) is 0 Å². The number of hydrogen-bond donors (Lipinski definition) is 0. The molecule has 20 heavy (non-hydrogen) atoms. The van der Waals surface area contributed by atoms with Crippen molar-refractivity contribution in [2.45, 2.75) is 13.8 Å². The molecule has 0 aliphatic carbocycles. The van der Waals surface area contributed by atoms with E-state index < -0.39 is 4.92 Å². The Balaban J connectivity index is 2.39. The highest BCUT2D eigenvalue weighted by Gasteiger charge is 2.22. The van der Waals surface area contributed by atoms with Gasteiger partial charge in [-0.3, -0.25) is 19.8 Å². The molecule has 7 heteroatoms. The van der Waals surface area contributed by atoms with E-state index in [1.165, 1.54) is 28.4 Å². The van der Waals surface area contributed by atoms with Crippen LogP contribution in [0.2, 0.25) is 0 Å². The van der Waals surface area contributed by atoms with E-state index in [9.17, 15) is 14.9 Å². The van der Waals surface area contributed by atoms with Crippen molar-refractivity contribution in [1.29, 1.82) is 0 Å². The standard InChI is InChI=1S/C13H13N3O3S/c1-8-7-20-13(14-8)15(3)12(17)10-5-4-6-11(9(10)2)16(18)19/h4-7H,1-3H3. The Morgan fingerprint density at radius 2 is 2.10 bits per heavy atom. The first-order valence-electron chi connectivity index (χ1n) is 5.86. The first-order valence-corrected chi connectivity index (χ1v) is 6.74. The smallest absolute Gasteiger partial charge is 0.273 e. The van der Waals surface area contributed by atoms with Crippen LogP contribution in [0.5, 0.6) is 0 Å². The molecule has 6 nitrogen and oxygen atoms in total. The average molecular weight is 291 g/mol. The second-order valence-electron chi connectivity index (χ2n) is 4.34. The van der Waals surface area contributed by atoms with Crippen molar-refractivity contribution in [3.05, 3.63) is 50.5 Å². The molecule has 0 saturated heterocycles. The van der Waals surface area contributed by atoms with Gasteiger partial charge in [0.1, 0.15) is 0 Å². The summed E-state index contributed by atoms with van der Waals surface area (Å²) in [6.07, 6.45) is 0. The van der Waals surface area contributed by atoms with E-state index in [1.54, 1.807) is 20.0 Å². The van der Waals surface area contributed by atoms with Gasteiger partial charge < -0.3 is 0 Å². The van der Waals surface area contributed by atoms with Crippen LogP contribution < -0.4 is 4.90 Å². The topological polar surface area (TPSA) is 76.3 Å². The number of carbonyl (C=O) groups excluding carboxylic acids is 1. The maximum Gasteiger partial charge on any atom is 0.273 e. The van der Waals surface area contributed by atoms with Gasteiger partial charge in [-0.15, -0.1) is 11.3 Å². The average Bonchev–Trinajstić information content (AvgIpc) is 2.83. The summed E-state index contributed by atoms with van der Waals surface area (Å²) >= 11 is 1.36. The van der Waals surface area contributed by atoms with Gasteiger partial charge in [-0.05, 0) is 19.9 Å². The summed E-state index contributed by atoms with van der Waals surface area (Å²) in [4.78, 5) is 28.5. The van der Waals surface area contributed by atoms with Gasteiger partial charge in [-0.25, -0.2) is 4.98 Å². The highest BCUT2D eigenvalue weighted by Crippen LogP contribution is 2.25. The lowest BCUT2D eigenvalue weighted by Gasteiger charge is -2.15. The Kier molecular flexibility index (Phi) is 3.80. The third-order valence-electron chi connectivity index (χ3n) is 2.93. The first-order chi connectivity index (χ1) is 9.41. The lowest BCUT2D eigenvalue weighted by molar-refractivity contribution is -0.385. The molecule has 0 bridgehead atoms. The van der Waals surface area contributed by atoms with Crippen molar-refractivity contribution in [1.82, 2.24) is 4.98 Å². The highest BCUT2D eigenvalue weighted by molar-refractivity contribution is 7.14. The summed E-state index contributed by atoms with van der Waals surface area (Å²) in [6, 6.07) is 4.49. The van der Waals surface area contributed by atoms with Crippen LogP contribution in [0.4, 0.5) is 10.8 Å². The number of hydrogen-bond acceptors (Lipinski definition) is 5. The van der Waals surface area contributed by atoms with Gasteiger partial charge in [0, 0.05) is 29.6 Å². The Morgan fingerprint density at radius 1 is 1.40 bits per heavy atom. The van der Waals surface area contributed by atoms with E-state index in [2.05, 4.69) is 4.98 Å². The Bertz CT molecular complexity index is 681. The zero-order valence-corrected chi connectivity index (χ0v) is 12.1. The molecule has 0 spiro atoms. The van der Waals surface area contributed by atoms with Gasteiger partial charge in [0.05, 0.1) is 10.6 Å². The first kappa shape index (κ1) is 14.1. The SMILES string of the molecule is Cc1csc(N(C)C(=O)c2cccc([N+](=O)[O-])c2C)n1. The molecule has 1 aromatic carbocycles. The molecule has 1 heterocycles. The number of aryl methyl sites for hydroxylation is 1. The summed E-state index contributed by atoms with van der Waals surface area (Å²) in [5.74, 6) is -0.305. The molecule has 0 aliphatic rings. The molecule has 2 rings (SSSR count). The van der Waals surface area contributed by atoms with Crippen molar-refractivity contribution in [3.8, 4) is 0 Å². The van der Waals surface area contributed by atoms with Gasteiger partial charge in [-0.2, -0.15) is 0 Å². The number of nitro benzene ring substituents is 1. The molecular weight excluding hydrogens is 278 g/mol.